The number of benzene rings is 1. The van der Waals surface area contributed by atoms with Gasteiger partial charge in [0.1, 0.15) is 0 Å². The minimum atomic E-state index is -4.69. The molecule has 1 fully saturated rings. The maximum atomic E-state index is 12.4. The van der Waals surface area contributed by atoms with Gasteiger partial charge in [0, 0.05) is 5.56 Å². The zero-order valence-corrected chi connectivity index (χ0v) is 10.5. The number of alkyl halides is 3. The molecule has 1 aliphatic carbocycles. The highest BCUT2D eigenvalue weighted by molar-refractivity contribution is 5.85. The van der Waals surface area contributed by atoms with Crippen LogP contribution in [0.4, 0.5) is 13.2 Å². The zero-order chi connectivity index (χ0) is 15.3. The quantitative estimate of drug-likeness (QED) is 0.943. The highest BCUT2D eigenvalue weighted by atomic mass is 19.4. The van der Waals surface area contributed by atoms with Gasteiger partial charge in [-0.3, -0.25) is 4.79 Å². The minimum absolute atomic E-state index is 0.186. The second-order valence-corrected chi connectivity index (χ2v) is 4.89. The van der Waals surface area contributed by atoms with Crippen molar-refractivity contribution in [2.75, 3.05) is 0 Å². The third-order valence-electron chi connectivity index (χ3n) is 3.52. The van der Waals surface area contributed by atoms with E-state index in [0.717, 1.165) is 0 Å². The monoisotopic (exact) mass is 298 g/mol. The summed E-state index contributed by atoms with van der Waals surface area (Å²) in [6.07, 6.45) is -3.57. The predicted octanol–water partition coefficient (Wildman–Crippen LogP) is 2.87. The molecular weight excluding hydrogens is 289 g/mol. The Morgan fingerprint density at radius 2 is 1.86 bits per heavy atom. The van der Waals surface area contributed by atoms with E-state index in [1.54, 1.807) is 12.1 Å². The van der Waals surface area contributed by atoms with Crippen molar-refractivity contribution in [3.8, 4) is 11.4 Å². The van der Waals surface area contributed by atoms with Crippen molar-refractivity contribution in [1.29, 1.82) is 0 Å². The van der Waals surface area contributed by atoms with Gasteiger partial charge >= 0.3 is 18.0 Å². The third kappa shape index (κ3) is 2.26. The third-order valence-corrected chi connectivity index (χ3v) is 3.52. The summed E-state index contributed by atoms with van der Waals surface area (Å²) in [5.41, 5.74) is 0.102. The number of carboxylic acids is 1. The molecule has 5 nitrogen and oxygen atoms in total. The summed E-state index contributed by atoms with van der Waals surface area (Å²) in [4.78, 5) is 14.5. The average Bonchev–Trinajstić information content (AvgIpc) is 3.08. The van der Waals surface area contributed by atoms with Crippen molar-refractivity contribution >= 4 is 5.97 Å². The molecule has 110 valence electrons. The molecule has 0 bridgehead atoms. The van der Waals surface area contributed by atoms with Gasteiger partial charge in [-0.2, -0.15) is 18.2 Å². The van der Waals surface area contributed by atoms with Crippen LogP contribution < -0.4 is 0 Å². The van der Waals surface area contributed by atoms with E-state index < -0.39 is 23.5 Å². The molecule has 1 N–H and O–H groups in total. The Morgan fingerprint density at radius 3 is 2.29 bits per heavy atom. The lowest BCUT2D eigenvalue weighted by molar-refractivity contribution is -0.159. The highest BCUT2D eigenvalue weighted by Crippen LogP contribution is 2.48. The Balaban J connectivity index is 1.88. The molecule has 1 aromatic carbocycles. The lowest BCUT2D eigenvalue weighted by Gasteiger charge is -2.09. The Kier molecular flexibility index (Phi) is 2.79. The van der Waals surface area contributed by atoms with Gasteiger partial charge in [-0.25, -0.2) is 0 Å². The Hall–Kier alpha value is -2.38. The maximum absolute atomic E-state index is 12.4. The van der Waals surface area contributed by atoms with E-state index in [1.807, 2.05) is 0 Å². The van der Waals surface area contributed by atoms with Crippen LogP contribution in [0.5, 0.6) is 0 Å². The first-order valence-electron chi connectivity index (χ1n) is 6.08. The number of aliphatic carboxylic acids is 1. The largest absolute Gasteiger partial charge is 0.481 e. The average molecular weight is 298 g/mol. The van der Waals surface area contributed by atoms with E-state index in [4.69, 9.17) is 0 Å². The van der Waals surface area contributed by atoms with Crippen LogP contribution in [0.25, 0.3) is 11.4 Å². The molecule has 0 saturated heterocycles. The van der Waals surface area contributed by atoms with Crippen LogP contribution in [0.3, 0.4) is 0 Å². The molecule has 21 heavy (non-hydrogen) atoms. The van der Waals surface area contributed by atoms with Gasteiger partial charge in [0.2, 0.25) is 5.82 Å². The van der Waals surface area contributed by atoms with Crippen molar-refractivity contribution in [2.24, 2.45) is 0 Å². The summed E-state index contributed by atoms with van der Waals surface area (Å²) in [7, 11) is 0. The number of hydrogen-bond acceptors (Lipinski definition) is 4. The molecule has 0 aliphatic heterocycles. The van der Waals surface area contributed by atoms with Gasteiger partial charge in [-0.05, 0) is 18.4 Å². The summed E-state index contributed by atoms with van der Waals surface area (Å²) >= 11 is 0. The first-order valence-corrected chi connectivity index (χ1v) is 6.08. The standard InChI is InChI=1S/C13H9F3N2O3/c14-13(15,16)10-17-9(18-21-10)7-1-3-8(4-2-7)12(5-6-12)11(19)20/h1-4H,5-6H2,(H,19,20). The summed E-state index contributed by atoms with van der Waals surface area (Å²) in [6, 6.07) is 6.12. The summed E-state index contributed by atoms with van der Waals surface area (Å²) < 4.78 is 41.3. The van der Waals surface area contributed by atoms with Crippen LogP contribution in [0.1, 0.15) is 24.3 Å². The number of nitrogens with zero attached hydrogens (tertiary/aromatic N) is 2. The zero-order valence-electron chi connectivity index (χ0n) is 10.5. The van der Waals surface area contributed by atoms with Gasteiger partial charge in [-0.15, -0.1) is 0 Å². The van der Waals surface area contributed by atoms with Crippen LogP contribution in [0, 0.1) is 0 Å². The lowest BCUT2D eigenvalue weighted by atomic mass is 9.95. The van der Waals surface area contributed by atoms with Crippen LogP contribution >= 0.6 is 0 Å². The summed E-state index contributed by atoms with van der Waals surface area (Å²) in [5, 5.41) is 12.4. The summed E-state index contributed by atoms with van der Waals surface area (Å²) in [6.45, 7) is 0. The number of carbonyl (C=O) groups is 1. The van der Waals surface area contributed by atoms with Crippen molar-refractivity contribution < 1.29 is 27.6 Å². The molecule has 1 aromatic heterocycles. The fraction of sp³-hybridized carbons (Fsp3) is 0.308. The summed E-state index contributed by atoms with van der Waals surface area (Å²) in [5.74, 6) is -2.49. The second kappa shape index (κ2) is 4.31. The number of rotatable bonds is 3. The van der Waals surface area contributed by atoms with E-state index >= 15 is 0 Å². The van der Waals surface area contributed by atoms with E-state index in [2.05, 4.69) is 14.7 Å². The molecule has 1 saturated carbocycles. The topological polar surface area (TPSA) is 76.2 Å². The van der Waals surface area contributed by atoms with Gasteiger partial charge in [0.15, 0.2) is 0 Å². The van der Waals surface area contributed by atoms with E-state index in [0.29, 0.717) is 24.0 Å². The van der Waals surface area contributed by atoms with Crippen molar-refractivity contribution in [3.05, 3.63) is 35.7 Å². The van der Waals surface area contributed by atoms with Gasteiger partial charge < -0.3 is 9.63 Å². The Bertz CT molecular complexity index is 687. The van der Waals surface area contributed by atoms with Crippen LogP contribution in [0.15, 0.2) is 28.8 Å². The molecule has 0 unspecified atom stereocenters. The van der Waals surface area contributed by atoms with Crippen LogP contribution in [-0.4, -0.2) is 21.2 Å². The molecule has 0 radical (unpaired) electrons. The Labute approximate surface area is 116 Å². The molecule has 8 heteroatoms. The van der Waals surface area contributed by atoms with Crippen molar-refractivity contribution in [1.82, 2.24) is 10.1 Å². The minimum Gasteiger partial charge on any atom is -0.481 e. The first kappa shape index (κ1) is 13.6. The molecular formula is C13H9F3N2O3. The number of carboxylic acid groups (broad SMARTS) is 1. The second-order valence-electron chi connectivity index (χ2n) is 4.89. The molecule has 1 heterocycles. The van der Waals surface area contributed by atoms with Crippen LogP contribution in [0.2, 0.25) is 0 Å². The van der Waals surface area contributed by atoms with E-state index in [9.17, 15) is 23.1 Å². The molecule has 0 amide bonds. The highest BCUT2D eigenvalue weighted by Gasteiger charge is 2.51. The van der Waals surface area contributed by atoms with Gasteiger partial charge in [0.25, 0.3) is 0 Å². The fourth-order valence-corrected chi connectivity index (χ4v) is 2.15. The molecule has 2 aromatic rings. The maximum Gasteiger partial charge on any atom is 0.471 e. The van der Waals surface area contributed by atoms with Crippen LogP contribution in [-0.2, 0) is 16.4 Å². The van der Waals surface area contributed by atoms with Gasteiger partial charge in [0.05, 0.1) is 5.41 Å². The predicted molar refractivity (Wildman–Crippen MR) is 63.3 cm³/mol. The molecule has 0 spiro atoms. The van der Waals surface area contributed by atoms with E-state index in [-0.39, 0.29) is 5.82 Å². The van der Waals surface area contributed by atoms with Gasteiger partial charge in [-0.1, -0.05) is 29.4 Å². The fourth-order valence-electron chi connectivity index (χ4n) is 2.15. The molecule has 1 aliphatic rings. The lowest BCUT2D eigenvalue weighted by Crippen LogP contribution is -2.19. The molecule has 0 atom stereocenters. The van der Waals surface area contributed by atoms with Crippen molar-refractivity contribution in [2.45, 2.75) is 24.4 Å². The van der Waals surface area contributed by atoms with E-state index in [1.165, 1.54) is 12.1 Å². The number of hydrogen-bond donors (Lipinski definition) is 1. The first-order chi connectivity index (χ1) is 9.83. The molecule has 3 rings (SSSR count). The Morgan fingerprint density at radius 1 is 1.24 bits per heavy atom. The SMILES string of the molecule is O=C(O)C1(c2ccc(-c3noc(C(F)(F)F)n3)cc2)CC1. The normalized spacial score (nSPS) is 16.7. The number of aromatic nitrogens is 2. The van der Waals surface area contributed by atoms with Crippen molar-refractivity contribution in [3.63, 3.8) is 0 Å². The smallest absolute Gasteiger partial charge is 0.471 e. The number of halogens is 3.